The predicted octanol–water partition coefficient (Wildman–Crippen LogP) is 19.8. The maximum atomic E-state index is 9.36. The predicted molar refractivity (Wildman–Crippen MR) is 439 cm³/mol. The van der Waals surface area contributed by atoms with E-state index in [-0.39, 0.29) is 27.1 Å². The zero-order chi connectivity index (χ0) is 70.9. The van der Waals surface area contributed by atoms with Crippen molar-refractivity contribution in [3.63, 3.8) is 0 Å². The summed E-state index contributed by atoms with van der Waals surface area (Å²) in [6, 6.07) is 63.6. The SMILES string of the molecule is C.C.CCC.CCC.CCC.Cc1ccc(-c2ccc(O[C@H]3CN4CCC3CC4)cc2)cc1.Cc1ccc(-c2ccc(O[C@H]3CN4CCC3CC4)cc2)cc1.Ic1ccccc1.O[C@@H]1CN2CCC1CC2.O[C@H]1CN2CCC1CC2.Oc1ccccc1.c1ccc(O[C@H]2CN3CCC2CC3)cc1. The van der Waals surface area contributed by atoms with Gasteiger partial charge in [0.15, 0.2) is 0 Å². The fourth-order valence-corrected chi connectivity index (χ4v) is 15.2. The van der Waals surface area contributed by atoms with Crippen LogP contribution < -0.4 is 14.2 Å². The second-order valence-electron chi connectivity index (χ2n) is 29.1. The van der Waals surface area contributed by atoms with Crippen LogP contribution in [0.5, 0.6) is 23.0 Å². The lowest BCUT2D eigenvalue weighted by Crippen LogP contribution is -2.52. The topological polar surface area (TPSA) is 105 Å². The van der Waals surface area contributed by atoms with Crippen molar-refractivity contribution >= 4 is 22.6 Å². The van der Waals surface area contributed by atoms with E-state index in [4.69, 9.17) is 19.3 Å². The van der Waals surface area contributed by atoms with E-state index in [1.165, 1.54) is 186 Å². The molecule has 0 aliphatic carbocycles. The number of hydrogen-bond acceptors (Lipinski definition) is 11. The highest BCUT2D eigenvalue weighted by molar-refractivity contribution is 14.1. The molecule has 22 rings (SSSR count). The fourth-order valence-electron chi connectivity index (χ4n) is 14.8. The van der Waals surface area contributed by atoms with Crippen LogP contribution in [0, 0.1) is 47.0 Å². The van der Waals surface area contributed by atoms with Gasteiger partial charge in [-0.3, -0.25) is 14.7 Å². The van der Waals surface area contributed by atoms with Crippen LogP contribution in [0.1, 0.15) is 151 Å². The Morgan fingerprint density at radius 3 is 0.725 bits per heavy atom. The van der Waals surface area contributed by atoms with Crippen LogP contribution in [-0.2, 0) is 0 Å². The van der Waals surface area contributed by atoms with Crippen molar-refractivity contribution in [2.24, 2.45) is 29.6 Å². The number of halogens is 1. The standard InChI is InChI=1S/2C20H23NO.C13H17NO.2C7H13NO.C6H5I.C6H6O.3C3H8.2CH4/c2*1-15-2-4-16(5-3-15)17-6-8-19(9-7-17)22-20-14-21-12-10-18(20)11-13-21;1-2-4-12(5-3-1)15-13-10-14-8-6-11(13)7-9-14;2*9-7-5-8-3-1-6(7)2-4-8;2*7-6-4-2-1-3-5-6;3*1-3-2;;/h2*2-9,18,20H,10-14H2,1H3;1-5,11,13H,6-10H2;2*6-7,9H,1-5H2;1-5H;1-5,7H;3*3H2,1-2H3;2*1H4/t2*20-;13-;2*7-;;;;;;;/m00010......./s1. The van der Waals surface area contributed by atoms with E-state index in [2.05, 4.69) is 224 Å². The summed E-state index contributed by atoms with van der Waals surface area (Å²) < 4.78 is 19.9. The quantitative estimate of drug-likeness (QED) is 0.127. The summed E-state index contributed by atoms with van der Waals surface area (Å²) >= 11 is 2.28. The molecule has 5 atom stereocenters. The van der Waals surface area contributed by atoms with Gasteiger partial charge in [0.05, 0.1) is 12.2 Å². The summed E-state index contributed by atoms with van der Waals surface area (Å²) in [5, 5.41) is 27.3. The van der Waals surface area contributed by atoms with Crippen molar-refractivity contribution in [1.82, 2.24) is 24.5 Å². The molecule has 0 unspecified atom stereocenters. The van der Waals surface area contributed by atoms with E-state index in [0.29, 0.717) is 35.9 Å². The molecule has 7 aromatic rings. The van der Waals surface area contributed by atoms with Crippen LogP contribution in [0.4, 0.5) is 0 Å². The molecule has 15 fully saturated rings. The van der Waals surface area contributed by atoms with Gasteiger partial charge >= 0.3 is 0 Å². The Bertz CT molecular complexity index is 3030. The van der Waals surface area contributed by atoms with E-state index in [9.17, 15) is 10.2 Å². The van der Waals surface area contributed by atoms with E-state index in [1.54, 1.807) is 24.3 Å². The van der Waals surface area contributed by atoms with E-state index in [1.807, 2.05) is 42.5 Å². The summed E-state index contributed by atoms with van der Waals surface area (Å²) in [6.45, 7) is 34.7. The molecule has 7 aromatic carbocycles. The van der Waals surface area contributed by atoms with Gasteiger partial charge in [-0.15, -0.1) is 0 Å². The van der Waals surface area contributed by atoms with Crippen LogP contribution in [0.25, 0.3) is 22.3 Å². The van der Waals surface area contributed by atoms with E-state index >= 15 is 0 Å². The van der Waals surface area contributed by atoms with Crippen molar-refractivity contribution in [3.8, 4) is 45.3 Å². The lowest BCUT2D eigenvalue weighted by molar-refractivity contribution is -0.0228. The number of aromatic hydroxyl groups is 1. The smallest absolute Gasteiger partial charge is 0.119 e. The van der Waals surface area contributed by atoms with Gasteiger partial charge in [-0.2, -0.15) is 0 Å². The van der Waals surface area contributed by atoms with E-state index in [0.717, 1.165) is 67.7 Å². The molecular weight excluding hydrogens is 1370 g/mol. The highest BCUT2D eigenvalue weighted by atomic mass is 127. The van der Waals surface area contributed by atoms with Crippen LogP contribution in [0.15, 0.2) is 188 Å². The molecule has 10 bridgehead atoms. The number of fused-ring (bicyclic) bond motifs is 15. The number of aryl methyl sites for hydroxylation is 2. The number of para-hydroxylation sites is 2. The summed E-state index contributed by atoms with van der Waals surface area (Å²) in [5.74, 6) is 6.92. The summed E-state index contributed by atoms with van der Waals surface area (Å²) in [7, 11) is 0. The first-order valence-corrected chi connectivity index (χ1v) is 39.6. The Morgan fingerprint density at radius 2 is 0.539 bits per heavy atom. The minimum Gasteiger partial charge on any atom is -0.508 e. The number of phenols is 1. The third-order valence-corrected chi connectivity index (χ3v) is 21.3. The number of rotatable bonds is 8. The minimum atomic E-state index is -0.00694. The lowest BCUT2D eigenvalue weighted by atomic mass is 9.86. The van der Waals surface area contributed by atoms with Gasteiger partial charge < -0.3 is 39.3 Å². The number of phenolic OH excluding ortho intramolecular Hbond substituents is 1. The van der Waals surface area contributed by atoms with Gasteiger partial charge in [0.25, 0.3) is 0 Å². The maximum absolute atomic E-state index is 9.36. The second kappa shape index (κ2) is 46.9. The third kappa shape index (κ3) is 28.9. The molecular formula is C90H132IN5O6. The lowest BCUT2D eigenvalue weighted by Gasteiger charge is -2.44. The van der Waals surface area contributed by atoms with E-state index < -0.39 is 0 Å². The Labute approximate surface area is 632 Å². The van der Waals surface area contributed by atoms with Crippen LogP contribution in [0.3, 0.4) is 0 Å². The van der Waals surface area contributed by atoms with Crippen molar-refractivity contribution in [2.45, 2.75) is 184 Å². The number of aliphatic hydroxyl groups excluding tert-OH is 2. The molecule has 15 saturated heterocycles. The molecule has 3 N–H and O–H groups in total. The van der Waals surface area contributed by atoms with Gasteiger partial charge in [0.2, 0.25) is 0 Å². The van der Waals surface area contributed by atoms with Crippen LogP contribution >= 0.6 is 22.6 Å². The molecule has 12 heteroatoms. The van der Waals surface area contributed by atoms with Crippen molar-refractivity contribution < 1.29 is 29.5 Å². The average molecular weight is 1510 g/mol. The molecule has 0 radical (unpaired) electrons. The molecule has 0 amide bonds. The molecule has 15 aliphatic rings. The summed E-state index contributed by atoms with van der Waals surface area (Å²) in [4.78, 5) is 12.3. The van der Waals surface area contributed by atoms with Crippen molar-refractivity contribution in [3.05, 3.63) is 203 Å². The fraction of sp³-hybridized carbons (Fsp3) is 0.533. The van der Waals surface area contributed by atoms with Crippen LogP contribution in [0.2, 0.25) is 0 Å². The Balaban J connectivity index is 0.000000190. The minimum absolute atomic E-state index is 0. The van der Waals surface area contributed by atoms with Crippen molar-refractivity contribution in [2.75, 3.05) is 98.2 Å². The monoisotopic (exact) mass is 1510 g/mol. The molecule has 560 valence electrons. The molecule has 15 heterocycles. The summed E-state index contributed by atoms with van der Waals surface area (Å²) in [6.07, 6.45) is 17.6. The zero-order valence-electron chi connectivity index (χ0n) is 62.2. The second-order valence-corrected chi connectivity index (χ2v) is 30.4. The molecule has 0 spiro atoms. The summed E-state index contributed by atoms with van der Waals surface area (Å²) in [5.41, 5.74) is 7.62. The zero-order valence-corrected chi connectivity index (χ0v) is 64.3. The Morgan fingerprint density at radius 1 is 0.314 bits per heavy atom. The third-order valence-electron chi connectivity index (χ3n) is 20.6. The first-order valence-electron chi connectivity index (χ1n) is 38.5. The van der Waals surface area contributed by atoms with Crippen molar-refractivity contribution in [1.29, 1.82) is 0 Å². The Kier molecular flexibility index (Phi) is 39.1. The Hall–Kier alpha value is -5.81. The van der Waals surface area contributed by atoms with Gasteiger partial charge in [0, 0.05) is 36.3 Å². The average Bonchev–Trinajstić information content (AvgIpc) is 0.832. The highest BCUT2D eigenvalue weighted by Gasteiger charge is 2.38. The largest absolute Gasteiger partial charge is 0.508 e. The number of hydrogen-bond donors (Lipinski definition) is 3. The van der Waals surface area contributed by atoms with Gasteiger partial charge in [0.1, 0.15) is 41.3 Å². The number of aliphatic hydroxyl groups is 2. The molecule has 15 aliphatic heterocycles. The van der Waals surface area contributed by atoms with Gasteiger partial charge in [-0.05, 0) is 279 Å². The number of piperidine rings is 15. The molecule has 0 aromatic heterocycles. The molecule has 102 heavy (non-hydrogen) atoms. The normalized spacial score (nSPS) is 27.1. The number of benzene rings is 7. The first kappa shape index (κ1) is 85.1. The molecule has 11 nitrogen and oxygen atoms in total. The first-order chi connectivity index (χ1) is 48.7. The maximum Gasteiger partial charge on any atom is 0.119 e. The van der Waals surface area contributed by atoms with Gasteiger partial charge in [-0.25, -0.2) is 0 Å². The molecule has 0 saturated carbocycles. The number of nitrogens with zero attached hydrogens (tertiary/aromatic N) is 5. The van der Waals surface area contributed by atoms with Crippen LogP contribution in [-0.4, -0.2) is 169 Å². The number of ether oxygens (including phenoxy) is 3. The highest BCUT2D eigenvalue weighted by Crippen LogP contribution is 2.35. The van der Waals surface area contributed by atoms with Gasteiger partial charge in [-0.1, -0.05) is 214 Å².